The monoisotopic (exact) mass is 608 g/mol. The summed E-state index contributed by atoms with van der Waals surface area (Å²) in [6.45, 7) is 5.18. The van der Waals surface area contributed by atoms with Crippen LogP contribution in [0.3, 0.4) is 0 Å². The molecule has 1 N–H and O–H groups in total. The molecule has 11 heteroatoms. The smallest absolute Gasteiger partial charge is 0.337 e. The normalized spacial score (nSPS) is 20.9. The molecule has 1 aliphatic heterocycles. The van der Waals surface area contributed by atoms with Crippen LogP contribution in [0.1, 0.15) is 66.2 Å². The minimum Gasteiger partial charge on any atom is -0.478 e. The van der Waals surface area contributed by atoms with Gasteiger partial charge < -0.3 is 24.2 Å². The number of likely N-dealkylation sites (tertiary alicyclic amines) is 1. The van der Waals surface area contributed by atoms with Crippen molar-refractivity contribution < 1.29 is 37.7 Å². The van der Waals surface area contributed by atoms with Gasteiger partial charge in [0, 0.05) is 43.5 Å². The Kier molecular flexibility index (Phi) is 11.0. The summed E-state index contributed by atoms with van der Waals surface area (Å²) in [5, 5.41) is 10.8. The molecule has 1 aromatic heterocycles. The van der Waals surface area contributed by atoms with Gasteiger partial charge in [0.15, 0.2) is 5.06 Å². The third-order valence-corrected chi connectivity index (χ3v) is 9.23. The number of thiophene rings is 1. The largest absolute Gasteiger partial charge is 0.478 e. The van der Waals surface area contributed by atoms with Gasteiger partial charge in [-0.1, -0.05) is 6.92 Å². The fraction of sp³-hybridized carbons (Fsp3) is 0.613. The average molecular weight is 609 g/mol. The zero-order valence-corrected chi connectivity index (χ0v) is 25.7. The van der Waals surface area contributed by atoms with E-state index in [-0.39, 0.29) is 49.3 Å². The number of aryl methyl sites for hydroxylation is 1. The Labute approximate surface area is 250 Å². The molecule has 0 unspecified atom stereocenters. The molecule has 0 atom stereocenters. The van der Waals surface area contributed by atoms with Crippen molar-refractivity contribution in [1.29, 1.82) is 0 Å². The minimum absolute atomic E-state index is 0.0628. The van der Waals surface area contributed by atoms with Crippen LogP contribution in [-0.4, -0.2) is 74.4 Å². The predicted molar refractivity (Wildman–Crippen MR) is 158 cm³/mol. The molecule has 1 aliphatic carbocycles. The molecule has 1 saturated carbocycles. The SMILES string of the molecule is COCC(COC)N(C(=O)C1CCC(C)CC1)c1ccc(Oc2sc(CN3CCCC(F)(F)C3)cc2C)cc1C(=O)O. The maximum atomic E-state index is 13.9. The standard InChI is InChI=1S/C31H42F2N2O6S/c1-20-6-8-22(9-7-20)28(36)35(23(17-39-3)18-40-4)27-11-10-24(15-26(27)29(37)38)41-30-21(2)14-25(42-30)16-34-13-5-12-31(32,33)19-34/h10-11,14-15,20,22-23H,5-9,12-13,16-19H2,1-4H3,(H,37,38). The number of ether oxygens (including phenoxy) is 3. The van der Waals surface area contributed by atoms with Crippen molar-refractivity contribution in [2.24, 2.45) is 11.8 Å². The number of rotatable bonds is 12. The molecule has 232 valence electrons. The number of carboxylic acid groups (broad SMARTS) is 1. The quantitative estimate of drug-likeness (QED) is 0.291. The number of hydrogen-bond donors (Lipinski definition) is 1. The number of methoxy groups -OCH3 is 2. The summed E-state index contributed by atoms with van der Waals surface area (Å²) in [6.07, 6.45) is 3.78. The van der Waals surface area contributed by atoms with Gasteiger partial charge in [0.25, 0.3) is 5.92 Å². The van der Waals surface area contributed by atoms with E-state index in [0.717, 1.165) is 36.1 Å². The van der Waals surface area contributed by atoms with Gasteiger partial charge in [-0.2, -0.15) is 0 Å². The van der Waals surface area contributed by atoms with E-state index >= 15 is 0 Å². The molecule has 2 aromatic rings. The van der Waals surface area contributed by atoms with Gasteiger partial charge in [-0.25, -0.2) is 13.6 Å². The molecule has 0 spiro atoms. The van der Waals surface area contributed by atoms with E-state index in [1.165, 1.54) is 31.6 Å². The van der Waals surface area contributed by atoms with Gasteiger partial charge in [0.05, 0.1) is 37.1 Å². The highest BCUT2D eigenvalue weighted by Gasteiger charge is 2.36. The van der Waals surface area contributed by atoms with Crippen molar-refractivity contribution in [3.8, 4) is 10.8 Å². The van der Waals surface area contributed by atoms with Gasteiger partial charge in [-0.15, -0.1) is 11.3 Å². The van der Waals surface area contributed by atoms with Crippen molar-refractivity contribution in [1.82, 2.24) is 4.90 Å². The second-order valence-electron chi connectivity index (χ2n) is 11.7. The molecular formula is C31H42F2N2O6S. The van der Waals surface area contributed by atoms with Crippen LogP contribution in [-0.2, 0) is 20.8 Å². The molecule has 0 bridgehead atoms. The molecule has 1 amide bonds. The number of halogens is 2. The minimum atomic E-state index is -2.67. The topological polar surface area (TPSA) is 88.5 Å². The first kappa shape index (κ1) is 32.3. The van der Waals surface area contributed by atoms with Crippen LogP contribution < -0.4 is 9.64 Å². The lowest BCUT2D eigenvalue weighted by atomic mass is 9.82. The second kappa shape index (κ2) is 14.2. The summed E-state index contributed by atoms with van der Waals surface area (Å²) >= 11 is 1.36. The Morgan fingerprint density at radius 1 is 1.14 bits per heavy atom. The fourth-order valence-corrected chi connectivity index (χ4v) is 7.04. The van der Waals surface area contributed by atoms with E-state index in [0.29, 0.717) is 36.2 Å². The van der Waals surface area contributed by atoms with E-state index in [1.54, 1.807) is 21.9 Å². The molecule has 0 radical (unpaired) electrons. The molecular weight excluding hydrogens is 566 g/mol. The van der Waals surface area contributed by atoms with Crippen molar-refractivity contribution in [3.05, 3.63) is 40.3 Å². The van der Waals surface area contributed by atoms with Crippen LogP contribution in [0.5, 0.6) is 10.8 Å². The zero-order valence-electron chi connectivity index (χ0n) is 24.9. The summed E-state index contributed by atoms with van der Waals surface area (Å²) in [4.78, 5) is 30.7. The lowest BCUT2D eigenvalue weighted by molar-refractivity contribution is -0.124. The van der Waals surface area contributed by atoms with Crippen molar-refractivity contribution >= 4 is 28.9 Å². The number of hydrogen-bond acceptors (Lipinski definition) is 7. The van der Waals surface area contributed by atoms with Crippen LogP contribution in [0.25, 0.3) is 0 Å². The van der Waals surface area contributed by atoms with Crippen LogP contribution in [0, 0.1) is 18.8 Å². The highest BCUT2D eigenvalue weighted by atomic mass is 32.1. The van der Waals surface area contributed by atoms with Gasteiger partial charge in [-0.3, -0.25) is 9.69 Å². The number of alkyl halides is 2. The molecule has 42 heavy (non-hydrogen) atoms. The van der Waals surface area contributed by atoms with E-state index in [2.05, 4.69) is 6.92 Å². The summed E-state index contributed by atoms with van der Waals surface area (Å²) < 4.78 is 44.7. The molecule has 2 aliphatic rings. The zero-order chi connectivity index (χ0) is 30.4. The number of amides is 1. The van der Waals surface area contributed by atoms with E-state index in [4.69, 9.17) is 14.2 Å². The lowest BCUT2D eigenvalue weighted by Gasteiger charge is -2.36. The molecule has 1 aromatic carbocycles. The summed E-state index contributed by atoms with van der Waals surface area (Å²) in [7, 11) is 3.08. The first-order chi connectivity index (χ1) is 20.0. The van der Waals surface area contributed by atoms with Crippen molar-refractivity contribution in [3.63, 3.8) is 0 Å². The number of benzene rings is 1. The number of anilines is 1. The number of carboxylic acids is 1. The highest BCUT2D eigenvalue weighted by Crippen LogP contribution is 2.38. The van der Waals surface area contributed by atoms with Gasteiger partial charge >= 0.3 is 5.97 Å². The van der Waals surface area contributed by atoms with E-state index < -0.39 is 17.9 Å². The summed E-state index contributed by atoms with van der Waals surface area (Å²) in [5.41, 5.74) is 1.04. The van der Waals surface area contributed by atoms with E-state index in [1.807, 2.05) is 13.0 Å². The van der Waals surface area contributed by atoms with Gasteiger partial charge in [-0.05, 0) is 75.8 Å². The highest BCUT2D eigenvalue weighted by molar-refractivity contribution is 7.14. The summed E-state index contributed by atoms with van der Waals surface area (Å²) in [5.74, 6) is -3.32. The molecule has 4 rings (SSSR count). The van der Waals surface area contributed by atoms with E-state index in [9.17, 15) is 23.5 Å². The molecule has 8 nitrogen and oxygen atoms in total. The maximum absolute atomic E-state index is 13.9. The predicted octanol–water partition coefficient (Wildman–Crippen LogP) is 6.60. The Morgan fingerprint density at radius 3 is 2.45 bits per heavy atom. The molecule has 1 saturated heterocycles. The number of carbonyl (C=O) groups excluding carboxylic acids is 1. The molecule has 2 heterocycles. The average Bonchev–Trinajstić information content (AvgIpc) is 3.27. The fourth-order valence-electron chi connectivity index (χ4n) is 5.96. The summed E-state index contributed by atoms with van der Waals surface area (Å²) in [6, 6.07) is 6.11. The van der Waals surface area contributed by atoms with Crippen molar-refractivity contribution in [2.75, 3.05) is 45.4 Å². The third kappa shape index (κ3) is 8.06. The first-order valence-electron chi connectivity index (χ1n) is 14.6. The number of aromatic carboxylic acids is 1. The van der Waals surface area contributed by atoms with Crippen molar-refractivity contribution in [2.45, 2.75) is 70.9 Å². The number of carbonyl (C=O) groups is 2. The number of piperidine rings is 1. The Bertz CT molecular complexity index is 1220. The number of nitrogens with zero attached hydrogens (tertiary/aromatic N) is 2. The first-order valence-corrected chi connectivity index (χ1v) is 15.4. The van der Waals surface area contributed by atoms with Crippen LogP contribution in [0.15, 0.2) is 24.3 Å². The Morgan fingerprint density at radius 2 is 1.83 bits per heavy atom. The molecule has 2 fully saturated rings. The van der Waals surface area contributed by atoms with Crippen LogP contribution >= 0.6 is 11.3 Å². The Balaban J connectivity index is 1.60. The lowest BCUT2D eigenvalue weighted by Crippen LogP contribution is -2.49. The van der Waals surface area contributed by atoms with Gasteiger partial charge in [0.1, 0.15) is 5.75 Å². The van der Waals surface area contributed by atoms with Crippen LogP contribution in [0.2, 0.25) is 0 Å². The second-order valence-corrected chi connectivity index (χ2v) is 12.8. The Hall–Kier alpha value is -2.60. The van der Waals surface area contributed by atoms with Gasteiger partial charge in [0.2, 0.25) is 5.91 Å². The van der Waals surface area contributed by atoms with Crippen LogP contribution in [0.4, 0.5) is 14.5 Å². The maximum Gasteiger partial charge on any atom is 0.337 e. The third-order valence-electron chi connectivity index (χ3n) is 8.13.